The monoisotopic (exact) mass is 448 g/mol. The summed E-state index contributed by atoms with van der Waals surface area (Å²) in [5.74, 6) is -1.75. The summed E-state index contributed by atoms with van der Waals surface area (Å²) in [5, 5.41) is 11.8. The number of halogens is 3. The first-order chi connectivity index (χ1) is 11.4. The highest BCUT2D eigenvalue weighted by atomic mass is 127. The van der Waals surface area contributed by atoms with Crippen LogP contribution in [0.3, 0.4) is 0 Å². The number of benzene rings is 2. The number of carbonyl (C=O) groups is 1. The average molecular weight is 448 g/mol. The van der Waals surface area contributed by atoms with Crippen molar-refractivity contribution >= 4 is 39.9 Å². The molecule has 2 rings (SSSR count). The van der Waals surface area contributed by atoms with Crippen molar-refractivity contribution in [1.29, 1.82) is 0 Å². The van der Waals surface area contributed by atoms with Gasteiger partial charge in [-0.05, 0) is 65.9 Å². The first-order valence-electron chi connectivity index (χ1n) is 6.98. The van der Waals surface area contributed by atoms with Crippen LogP contribution in [-0.2, 0) is 4.84 Å². The molecule has 2 aromatic rings. The molecule has 0 bridgehead atoms. The first-order valence-corrected chi connectivity index (χ1v) is 8.06. The van der Waals surface area contributed by atoms with Crippen LogP contribution in [0.5, 0.6) is 0 Å². The van der Waals surface area contributed by atoms with Gasteiger partial charge in [-0.1, -0.05) is 0 Å². The lowest BCUT2D eigenvalue weighted by atomic mass is 10.1. The fourth-order valence-electron chi connectivity index (χ4n) is 1.84. The van der Waals surface area contributed by atoms with Crippen molar-refractivity contribution in [3.63, 3.8) is 0 Å². The Bertz CT molecular complexity index is 741. The number of rotatable bonds is 6. The van der Waals surface area contributed by atoms with E-state index < -0.39 is 23.6 Å². The number of hydrogen-bond acceptors (Lipinski definition) is 4. The van der Waals surface area contributed by atoms with E-state index in [9.17, 15) is 13.6 Å². The van der Waals surface area contributed by atoms with Crippen LogP contribution < -0.4 is 10.8 Å². The molecular formula is C16H15F2IN2O3. The number of carbonyl (C=O) groups excluding carboxylic acids is 1. The largest absolute Gasteiger partial charge is 0.391 e. The van der Waals surface area contributed by atoms with Gasteiger partial charge in [0.25, 0.3) is 5.91 Å². The summed E-state index contributed by atoms with van der Waals surface area (Å²) in [5.41, 5.74) is 2.41. The lowest BCUT2D eigenvalue weighted by Gasteiger charge is -2.13. The van der Waals surface area contributed by atoms with Gasteiger partial charge in [-0.3, -0.25) is 9.63 Å². The molecule has 24 heavy (non-hydrogen) atoms. The van der Waals surface area contributed by atoms with E-state index in [2.05, 4.69) is 10.8 Å². The minimum absolute atomic E-state index is 0.0694. The molecule has 0 aliphatic rings. The lowest BCUT2D eigenvalue weighted by molar-refractivity contribution is -0.00682. The molecule has 0 aromatic heterocycles. The van der Waals surface area contributed by atoms with Crippen LogP contribution in [0.4, 0.5) is 20.2 Å². The predicted octanol–water partition coefficient (Wildman–Crippen LogP) is 3.36. The summed E-state index contributed by atoms with van der Waals surface area (Å²) in [6.45, 7) is 1.40. The van der Waals surface area contributed by atoms with Crippen molar-refractivity contribution < 1.29 is 23.5 Å². The van der Waals surface area contributed by atoms with E-state index in [1.165, 1.54) is 25.1 Å². The van der Waals surface area contributed by atoms with Crippen LogP contribution in [0.2, 0.25) is 0 Å². The van der Waals surface area contributed by atoms with Crippen LogP contribution in [0.1, 0.15) is 17.3 Å². The Morgan fingerprint density at radius 1 is 1.25 bits per heavy atom. The SMILES string of the molecule is CC(O)CONC(=O)c1ccc(F)cc1Nc1ccc(I)cc1F. The standard InChI is InChI=1S/C16H15F2IN2O3/c1-9(22)8-24-21-16(23)12-4-2-10(17)6-15(12)20-14-5-3-11(19)7-13(14)18/h2-7,9,20,22H,8H2,1H3,(H,21,23). The van der Waals surface area contributed by atoms with Gasteiger partial charge in [-0.15, -0.1) is 0 Å². The Morgan fingerprint density at radius 3 is 2.67 bits per heavy atom. The zero-order valence-electron chi connectivity index (χ0n) is 12.6. The van der Waals surface area contributed by atoms with Crippen molar-refractivity contribution in [3.05, 3.63) is 57.2 Å². The van der Waals surface area contributed by atoms with Gasteiger partial charge in [0, 0.05) is 3.57 Å². The molecule has 0 fully saturated rings. The number of hydrogen-bond donors (Lipinski definition) is 3. The number of anilines is 2. The summed E-state index contributed by atoms with van der Waals surface area (Å²) in [6, 6.07) is 7.93. The third-order valence-electron chi connectivity index (χ3n) is 2.92. The molecule has 128 valence electrons. The normalized spacial score (nSPS) is 11.9. The Hall–Kier alpha value is -1.78. The summed E-state index contributed by atoms with van der Waals surface area (Å²) < 4.78 is 28.2. The molecule has 1 atom stereocenters. The highest BCUT2D eigenvalue weighted by molar-refractivity contribution is 14.1. The minimum atomic E-state index is -0.753. The van der Waals surface area contributed by atoms with Crippen molar-refractivity contribution in [2.75, 3.05) is 11.9 Å². The van der Waals surface area contributed by atoms with Crippen LogP contribution in [0, 0.1) is 15.2 Å². The molecule has 0 aliphatic heterocycles. The van der Waals surface area contributed by atoms with Gasteiger partial charge < -0.3 is 10.4 Å². The quantitative estimate of drug-likeness (QED) is 0.469. The molecule has 0 aliphatic carbocycles. The number of amides is 1. The fraction of sp³-hybridized carbons (Fsp3) is 0.188. The van der Waals surface area contributed by atoms with Gasteiger partial charge in [0.15, 0.2) is 0 Å². The van der Waals surface area contributed by atoms with E-state index in [0.717, 1.165) is 12.1 Å². The zero-order valence-corrected chi connectivity index (χ0v) is 14.8. The van der Waals surface area contributed by atoms with Crippen molar-refractivity contribution in [3.8, 4) is 0 Å². The summed E-state index contributed by atoms with van der Waals surface area (Å²) in [7, 11) is 0. The van der Waals surface area contributed by atoms with Gasteiger partial charge >= 0.3 is 0 Å². The molecule has 2 aromatic carbocycles. The molecule has 5 nitrogen and oxygen atoms in total. The molecule has 1 unspecified atom stereocenters. The molecule has 0 heterocycles. The lowest BCUT2D eigenvalue weighted by Crippen LogP contribution is -2.28. The molecular weight excluding hydrogens is 433 g/mol. The van der Waals surface area contributed by atoms with Gasteiger partial charge in [-0.2, -0.15) is 0 Å². The average Bonchev–Trinajstić information content (AvgIpc) is 2.49. The Kier molecular flexibility index (Phi) is 6.46. The van der Waals surface area contributed by atoms with Crippen molar-refractivity contribution in [2.24, 2.45) is 0 Å². The number of hydroxylamine groups is 1. The number of aliphatic hydroxyl groups excluding tert-OH is 1. The van der Waals surface area contributed by atoms with Crippen LogP contribution in [-0.4, -0.2) is 23.7 Å². The second-order valence-electron chi connectivity index (χ2n) is 5.03. The third-order valence-corrected chi connectivity index (χ3v) is 3.59. The maximum atomic E-state index is 13.9. The van der Waals surface area contributed by atoms with E-state index in [-0.39, 0.29) is 23.5 Å². The second kappa shape index (κ2) is 8.36. The molecule has 0 radical (unpaired) electrons. The molecule has 0 saturated carbocycles. The van der Waals surface area contributed by atoms with E-state index >= 15 is 0 Å². The van der Waals surface area contributed by atoms with Crippen molar-refractivity contribution in [2.45, 2.75) is 13.0 Å². The number of aliphatic hydroxyl groups is 1. The fourth-order valence-corrected chi connectivity index (χ4v) is 2.29. The Labute approximate surface area is 151 Å². The molecule has 0 saturated heterocycles. The summed E-state index contributed by atoms with van der Waals surface area (Å²) in [6.07, 6.45) is -0.753. The van der Waals surface area contributed by atoms with Gasteiger partial charge in [0.05, 0.1) is 23.0 Å². The van der Waals surface area contributed by atoms with E-state index in [0.29, 0.717) is 3.57 Å². The second-order valence-corrected chi connectivity index (χ2v) is 6.28. The first kappa shape index (κ1) is 18.6. The topological polar surface area (TPSA) is 70.6 Å². The maximum Gasteiger partial charge on any atom is 0.276 e. The Balaban J connectivity index is 2.22. The highest BCUT2D eigenvalue weighted by Crippen LogP contribution is 2.25. The third kappa shape index (κ3) is 5.11. The predicted molar refractivity (Wildman–Crippen MR) is 93.9 cm³/mol. The molecule has 0 spiro atoms. The molecule has 8 heteroatoms. The van der Waals surface area contributed by atoms with E-state index in [4.69, 9.17) is 9.94 Å². The minimum Gasteiger partial charge on any atom is -0.391 e. The van der Waals surface area contributed by atoms with Gasteiger partial charge in [-0.25, -0.2) is 14.3 Å². The van der Waals surface area contributed by atoms with Crippen LogP contribution >= 0.6 is 22.6 Å². The van der Waals surface area contributed by atoms with Gasteiger partial charge in [0.2, 0.25) is 0 Å². The highest BCUT2D eigenvalue weighted by Gasteiger charge is 2.14. The van der Waals surface area contributed by atoms with Crippen molar-refractivity contribution in [1.82, 2.24) is 5.48 Å². The van der Waals surface area contributed by atoms with E-state index in [1.807, 2.05) is 22.6 Å². The molecule has 3 N–H and O–H groups in total. The van der Waals surface area contributed by atoms with E-state index in [1.54, 1.807) is 6.07 Å². The molecule has 1 amide bonds. The smallest absolute Gasteiger partial charge is 0.276 e. The summed E-state index contributed by atoms with van der Waals surface area (Å²) >= 11 is 1.97. The maximum absolute atomic E-state index is 13.9. The zero-order chi connectivity index (χ0) is 17.7. The van der Waals surface area contributed by atoms with Crippen LogP contribution in [0.25, 0.3) is 0 Å². The Morgan fingerprint density at radius 2 is 2.00 bits per heavy atom. The van der Waals surface area contributed by atoms with Gasteiger partial charge in [0.1, 0.15) is 18.2 Å². The number of nitrogens with one attached hydrogen (secondary N) is 2. The summed E-state index contributed by atoms with van der Waals surface area (Å²) in [4.78, 5) is 17.0. The van der Waals surface area contributed by atoms with Crippen LogP contribution in [0.15, 0.2) is 36.4 Å².